The topological polar surface area (TPSA) is 84.7 Å². The third kappa shape index (κ3) is 3.15. The summed E-state index contributed by atoms with van der Waals surface area (Å²) in [6.45, 7) is 2.48. The maximum atomic E-state index is 12.8. The molecule has 7 nitrogen and oxygen atoms in total. The van der Waals surface area contributed by atoms with E-state index in [1.54, 1.807) is 15.6 Å². The van der Waals surface area contributed by atoms with E-state index in [0.717, 1.165) is 11.4 Å². The van der Waals surface area contributed by atoms with Gasteiger partial charge in [-0.05, 0) is 31.5 Å². The normalized spacial score (nSPS) is 20.0. The molecular weight excluding hydrogens is 322 g/mol. The fourth-order valence-electron chi connectivity index (χ4n) is 3.25. The standard InChI is InChI=1S/C18H21N3O4/c1-13-10-15(19-21(13)14-6-4-3-5-7-14)16(22)20-9-8-18(11-20,12-25-2)17(23)24/h3-7,10H,8-9,11-12H2,1-2H3,(H,23,24). The largest absolute Gasteiger partial charge is 0.481 e. The zero-order valence-electron chi connectivity index (χ0n) is 14.3. The molecule has 1 amide bonds. The van der Waals surface area contributed by atoms with Crippen LogP contribution in [0.5, 0.6) is 0 Å². The second-order valence-electron chi connectivity index (χ2n) is 6.41. The first kappa shape index (κ1) is 17.2. The van der Waals surface area contributed by atoms with E-state index < -0.39 is 11.4 Å². The molecule has 1 aliphatic heterocycles. The molecule has 1 unspecified atom stereocenters. The van der Waals surface area contributed by atoms with Gasteiger partial charge in [-0.2, -0.15) is 5.10 Å². The highest BCUT2D eigenvalue weighted by atomic mass is 16.5. The van der Waals surface area contributed by atoms with E-state index in [0.29, 0.717) is 18.7 Å². The van der Waals surface area contributed by atoms with Crippen LogP contribution in [0.3, 0.4) is 0 Å². The highest BCUT2D eigenvalue weighted by molar-refractivity contribution is 5.93. The van der Waals surface area contributed by atoms with Gasteiger partial charge in [0.15, 0.2) is 5.69 Å². The van der Waals surface area contributed by atoms with Gasteiger partial charge in [0.05, 0.1) is 12.3 Å². The average Bonchev–Trinajstić information content (AvgIpc) is 3.20. The SMILES string of the molecule is COCC1(C(=O)O)CCN(C(=O)c2cc(C)n(-c3ccccc3)n2)C1. The summed E-state index contributed by atoms with van der Waals surface area (Å²) < 4.78 is 6.78. The summed E-state index contributed by atoms with van der Waals surface area (Å²) in [6, 6.07) is 11.3. The van der Waals surface area contributed by atoms with Gasteiger partial charge in [-0.25, -0.2) is 4.68 Å². The molecule has 7 heteroatoms. The first-order chi connectivity index (χ1) is 12.0. The summed E-state index contributed by atoms with van der Waals surface area (Å²) in [5, 5.41) is 13.9. The Morgan fingerprint density at radius 3 is 2.68 bits per heavy atom. The van der Waals surface area contributed by atoms with Crippen LogP contribution < -0.4 is 0 Å². The molecule has 1 saturated heterocycles. The number of carbonyl (C=O) groups excluding carboxylic acids is 1. The van der Waals surface area contributed by atoms with Crippen molar-refractivity contribution in [1.29, 1.82) is 0 Å². The van der Waals surface area contributed by atoms with E-state index in [2.05, 4.69) is 5.10 Å². The number of ether oxygens (including phenoxy) is 1. The number of hydrogen-bond donors (Lipinski definition) is 1. The van der Waals surface area contributed by atoms with E-state index in [4.69, 9.17) is 4.74 Å². The van der Waals surface area contributed by atoms with Gasteiger partial charge in [0.1, 0.15) is 5.41 Å². The number of amides is 1. The van der Waals surface area contributed by atoms with Crippen molar-refractivity contribution in [2.75, 3.05) is 26.8 Å². The minimum atomic E-state index is -1.04. The van der Waals surface area contributed by atoms with E-state index in [1.165, 1.54) is 7.11 Å². The minimum absolute atomic E-state index is 0.0869. The molecule has 2 aromatic rings. The zero-order valence-corrected chi connectivity index (χ0v) is 14.3. The van der Waals surface area contributed by atoms with Crippen molar-refractivity contribution in [2.45, 2.75) is 13.3 Å². The predicted octanol–water partition coefficient (Wildman–Crippen LogP) is 1.74. The molecule has 1 fully saturated rings. The quantitative estimate of drug-likeness (QED) is 0.894. The van der Waals surface area contributed by atoms with Crippen molar-refractivity contribution in [3.63, 3.8) is 0 Å². The zero-order chi connectivity index (χ0) is 18.0. The summed E-state index contributed by atoms with van der Waals surface area (Å²) in [7, 11) is 1.47. The van der Waals surface area contributed by atoms with Gasteiger partial charge >= 0.3 is 5.97 Å². The Hall–Kier alpha value is -2.67. The van der Waals surface area contributed by atoms with Crippen LogP contribution in [0.2, 0.25) is 0 Å². The molecule has 3 rings (SSSR count). The lowest BCUT2D eigenvalue weighted by Gasteiger charge is -2.23. The molecule has 2 heterocycles. The van der Waals surface area contributed by atoms with Gasteiger partial charge in [0, 0.05) is 25.9 Å². The van der Waals surface area contributed by atoms with Gasteiger partial charge in [-0.3, -0.25) is 9.59 Å². The second-order valence-corrected chi connectivity index (χ2v) is 6.41. The number of methoxy groups -OCH3 is 1. The molecule has 1 N–H and O–H groups in total. The molecule has 1 aliphatic rings. The number of carboxylic acids is 1. The van der Waals surface area contributed by atoms with Gasteiger partial charge in [0.25, 0.3) is 5.91 Å². The van der Waals surface area contributed by atoms with Crippen LogP contribution in [0.25, 0.3) is 5.69 Å². The number of aryl methyl sites for hydroxylation is 1. The van der Waals surface area contributed by atoms with E-state index >= 15 is 0 Å². The van der Waals surface area contributed by atoms with Crippen molar-refractivity contribution in [1.82, 2.24) is 14.7 Å². The highest BCUT2D eigenvalue weighted by Crippen LogP contribution is 2.32. The summed E-state index contributed by atoms with van der Waals surface area (Å²) >= 11 is 0. The molecule has 132 valence electrons. The third-order valence-electron chi connectivity index (χ3n) is 4.62. The summed E-state index contributed by atoms with van der Waals surface area (Å²) in [5.74, 6) is -1.19. The fourth-order valence-corrected chi connectivity index (χ4v) is 3.25. The number of para-hydroxylation sites is 1. The van der Waals surface area contributed by atoms with Crippen LogP contribution in [-0.2, 0) is 9.53 Å². The fraction of sp³-hybridized carbons (Fsp3) is 0.389. The number of aliphatic carboxylic acids is 1. The van der Waals surface area contributed by atoms with Crippen LogP contribution in [0, 0.1) is 12.3 Å². The first-order valence-corrected chi connectivity index (χ1v) is 8.10. The molecule has 1 aromatic carbocycles. The number of carboxylic acid groups (broad SMARTS) is 1. The van der Waals surface area contributed by atoms with Gasteiger partial charge in [0.2, 0.25) is 0 Å². The van der Waals surface area contributed by atoms with Crippen LogP contribution in [0.15, 0.2) is 36.4 Å². The maximum Gasteiger partial charge on any atom is 0.313 e. The monoisotopic (exact) mass is 343 g/mol. The number of rotatable bonds is 5. The molecule has 1 aromatic heterocycles. The summed E-state index contributed by atoms with van der Waals surface area (Å²) in [4.78, 5) is 25.9. The lowest BCUT2D eigenvalue weighted by molar-refractivity contribution is -0.151. The van der Waals surface area contributed by atoms with Crippen molar-refractivity contribution >= 4 is 11.9 Å². The van der Waals surface area contributed by atoms with E-state index in [9.17, 15) is 14.7 Å². The number of benzene rings is 1. The van der Waals surface area contributed by atoms with Crippen LogP contribution in [0.1, 0.15) is 22.6 Å². The van der Waals surface area contributed by atoms with Crippen LogP contribution >= 0.6 is 0 Å². The van der Waals surface area contributed by atoms with Crippen molar-refractivity contribution in [3.05, 3.63) is 47.8 Å². The molecule has 0 radical (unpaired) electrons. The molecule has 0 aliphatic carbocycles. The molecule has 25 heavy (non-hydrogen) atoms. The Morgan fingerprint density at radius 2 is 2.04 bits per heavy atom. The Labute approximate surface area is 145 Å². The summed E-state index contributed by atoms with van der Waals surface area (Å²) in [6.07, 6.45) is 0.375. The number of nitrogens with zero attached hydrogens (tertiary/aromatic N) is 3. The van der Waals surface area contributed by atoms with Gasteiger partial charge in [-0.1, -0.05) is 18.2 Å². The van der Waals surface area contributed by atoms with Gasteiger partial charge in [-0.15, -0.1) is 0 Å². The molecule has 0 saturated carbocycles. The number of aromatic nitrogens is 2. The molecule has 0 spiro atoms. The average molecular weight is 343 g/mol. The van der Waals surface area contributed by atoms with Crippen molar-refractivity contribution in [2.24, 2.45) is 5.41 Å². The Kier molecular flexibility index (Phi) is 4.59. The van der Waals surface area contributed by atoms with Gasteiger partial charge < -0.3 is 14.7 Å². The number of likely N-dealkylation sites (tertiary alicyclic amines) is 1. The minimum Gasteiger partial charge on any atom is -0.481 e. The van der Waals surface area contributed by atoms with Crippen molar-refractivity contribution in [3.8, 4) is 5.69 Å². The van der Waals surface area contributed by atoms with Crippen molar-refractivity contribution < 1.29 is 19.4 Å². The lowest BCUT2D eigenvalue weighted by Crippen LogP contribution is -2.40. The predicted molar refractivity (Wildman–Crippen MR) is 90.8 cm³/mol. The molecule has 1 atom stereocenters. The second kappa shape index (κ2) is 6.68. The maximum absolute atomic E-state index is 12.8. The molecule has 0 bridgehead atoms. The summed E-state index contributed by atoms with van der Waals surface area (Å²) in [5.41, 5.74) is 0.997. The number of hydrogen-bond acceptors (Lipinski definition) is 4. The van der Waals surface area contributed by atoms with E-state index in [1.807, 2.05) is 37.3 Å². The highest BCUT2D eigenvalue weighted by Gasteiger charge is 2.46. The molecular formula is C18H21N3O4. The van der Waals surface area contributed by atoms with E-state index in [-0.39, 0.29) is 19.1 Å². The Bertz CT molecular complexity index is 787. The number of carbonyl (C=O) groups is 2. The smallest absolute Gasteiger partial charge is 0.313 e. The first-order valence-electron chi connectivity index (χ1n) is 8.10. The third-order valence-corrected chi connectivity index (χ3v) is 4.62. The van der Waals surface area contributed by atoms with Crippen LogP contribution in [0.4, 0.5) is 0 Å². The lowest BCUT2D eigenvalue weighted by atomic mass is 9.88. The Morgan fingerprint density at radius 1 is 1.32 bits per heavy atom. The Balaban J connectivity index is 1.82. The van der Waals surface area contributed by atoms with Crippen LogP contribution in [-0.4, -0.2) is 58.5 Å².